The number of aryl methyl sites for hydroxylation is 1. The van der Waals surface area contributed by atoms with Gasteiger partial charge in [0, 0.05) is 43.7 Å². The fraction of sp³-hybridized carbons (Fsp3) is 0.286. The van der Waals surface area contributed by atoms with Gasteiger partial charge in [0.2, 0.25) is 5.95 Å². The lowest BCUT2D eigenvalue weighted by Gasteiger charge is -2.13. The molecule has 2 heterocycles. The molecule has 0 aliphatic heterocycles. The molecule has 0 amide bonds. The maximum Gasteiger partial charge on any atom is 0.225 e. The molecule has 0 bridgehead atoms. The van der Waals surface area contributed by atoms with Crippen molar-refractivity contribution in [3.05, 3.63) is 66.0 Å². The molecule has 3 aromatic rings. The van der Waals surface area contributed by atoms with Crippen molar-refractivity contribution in [3.63, 3.8) is 0 Å². The molecular formula is C21H26N6. The molecule has 3 rings (SSSR count). The molecule has 0 saturated carbocycles. The van der Waals surface area contributed by atoms with Crippen LogP contribution in [0.4, 0.5) is 11.8 Å². The Morgan fingerprint density at radius 2 is 1.81 bits per heavy atom. The number of hydrogen-bond donors (Lipinski definition) is 2. The summed E-state index contributed by atoms with van der Waals surface area (Å²) >= 11 is 0. The lowest BCUT2D eigenvalue weighted by Crippen LogP contribution is -2.21. The number of aromatic nitrogens is 3. The molecule has 27 heavy (non-hydrogen) atoms. The number of nitrogens with zero attached hydrogens (tertiary/aromatic N) is 4. The topological polar surface area (TPSA) is 66.0 Å². The Morgan fingerprint density at radius 1 is 1.00 bits per heavy atom. The van der Waals surface area contributed by atoms with Gasteiger partial charge < -0.3 is 15.5 Å². The molecule has 140 valence electrons. The minimum Gasteiger partial charge on any atom is -0.366 e. The van der Waals surface area contributed by atoms with E-state index < -0.39 is 0 Å². The summed E-state index contributed by atoms with van der Waals surface area (Å²) in [5.74, 6) is 1.40. The second-order valence-electron chi connectivity index (χ2n) is 6.77. The molecule has 6 heteroatoms. The zero-order valence-corrected chi connectivity index (χ0v) is 16.1. The highest BCUT2D eigenvalue weighted by atomic mass is 15.2. The van der Waals surface area contributed by atoms with E-state index >= 15 is 0 Å². The van der Waals surface area contributed by atoms with Gasteiger partial charge in [0.25, 0.3) is 0 Å². The Labute approximate surface area is 160 Å². The number of benzene rings is 1. The van der Waals surface area contributed by atoms with Gasteiger partial charge in [-0.15, -0.1) is 0 Å². The van der Waals surface area contributed by atoms with Crippen LogP contribution in [-0.4, -0.2) is 47.0 Å². The second-order valence-corrected chi connectivity index (χ2v) is 6.77. The predicted octanol–water partition coefficient (Wildman–Crippen LogP) is 3.43. The molecule has 0 saturated heterocycles. The van der Waals surface area contributed by atoms with E-state index in [0.29, 0.717) is 12.5 Å². The second kappa shape index (κ2) is 9.09. The van der Waals surface area contributed by atoms with Crippen LogP contribution < -0.4 is 10.6 Å². The highest BCUT2D eigenvalue weighted by molar-refractivity contribution is 5.63. The zero-order chi connectivity index (χ0) is 19.1. The van der Waals surface area contributed by atoms with Gasteiger partial charge in [-0.25, -0.2) is 4.98 Å². The first kappa shape index (κ1) is 18.8. The highest BCUT2D eigenvalue weighted by Gasteiger charge is 2.07. The maximum atomic E-state index is 4.65. The summed E-state index contributed by atoms with van der Waals surface area (Å²) in [7, 11) is 4.09. The summed E-state index contributed by atoms with van der Waals surface area (Å²) in [6.07, 6.45) is 3.58. The van der Waals surface area contributed by atoms with Crippen LogP contribution in [-0.2, 0) is 6.54 Å². The van der Waals surface area contributed by atoms with E-state index in [1.165, 1.54) is 11.1 Å². The molecule has 0 unspecified atom stereocenters. The number of likely N-dealkylation sites (N-methyl/N-ethyl adjacent to an activating group) is 1. The van der Waals surface area contributed by atoms with Crippen LogP contribution in [0.2, 0.25) is 0 Å². The Bertz CT molecular complexity index is 846. The van der Waals surface area contributed by atoms with E-state index in [9.17, 15) is 0 Å². The molecule has 6 nitrogen and oxygen atoms in total. The van der Waals surface area contributed by atoms with Crippen LogP contribution in [0.1, 0.15) is 11.1 Å². The van der Waals surface area contributed by atoms with Crippen molar-refractivity contribution in [1.82, 2.24) is 19.9 Å². The number of hydrogen-bond acceptors (Lipinski definition) is 6. The van der Waals surface area contributed by atoms with Crippen molar-refractivity contribution in [2.75, 3.05) is 37.8 Å². The molecule has 0 spiro atoms. The van der Waals surface area contributed by atoms with Gasteiger partial charge in [-0.1, -0.05) is 29.8 Å². The number of pyridine rings is 1. The fourth-order valence-corrected chi connectivity index (χ4v) is 2.57. The van der Waals surface area contributed by atoms with Crippen molar-refractivity contribution in [3.8, 4) is 11.3 Å². The van der Waals surface area contributed by atoms with Gasteiger partial charge in [-0.3, -0.25) is 4.98 Å². The number of nitrogens with one attached hydrogen (secondary N) is 2. The summed E-state index contributed by atoms with van der Waals surface area (Å²) < 4.78 is 0. The van der Waals surface area contributed by atoms with E-state index in [1.807, 2.05) is 38.5 Å². The summed E-state index contributed by atoms with van der Waals surface area (Å²) in [5, 5.41) is 6.72. The normalized spacial score (nSPS) is 10.8. The Hall–Kier alpha value is -2.99. The molecule has 0 fully saturated rings. The maximum absolute atomic E-state index is 4.65. The minimum absolute atomic E-state index is 0.615. The van der Waals surface area contributed by atoms with Crippen molar-refractivity contribution >= 4 is 11.8 Å². The van der Waals surface area contributed by atoms with E-state index in [1.54, 1.807) is 6.20 Å². The molecule has 2 aromatic heterocycles. The van der Waals surface area contributed by atoms with Crippen molar-refractivity contribution in [2.24, 2.45) is 0 Å². The third kappa shape index (κ3) is 5.76. The van der Waals surface area contributed by atoms with Gasteiger partial charge in [0.1, 0.15) is 5.82 Å². The standard InChI is InChI=1S/C21H26N6/c1-16-6-8-17(9-7-16)14-24-20-13-19(18-5-4-10-22-15-18)25-21(26-20)23-11-12-27(2)3/h4-10,13,15H,11-12,14H2,1-3H3,(H2,23,24,25,26). The molecular weight excluding hydrogens is 336 g/mol. The lowest BCUT2D eigenvalue weighted by atomic mass is 10.1. The summed E-state index contributed by atoms with van der Waals surface area (Å²) in [4.78, 5) is 15.6. The molecule has 0 atom stereocenters. The Kier molecular flexibility index (Phi) is 6.33. The number of rotatable bonds is 8. The Morgan fingerprint density at radius 3 is 2.52 bits per heavy atom. The van der Waals surface area contributed by atoms with Crippen LogP contribution in [0.3, 0.4) is 0 Å². The smallest absolute Gasteiger partial charge is 0.225 e. The van der Waals surface area contributed by atoms with E-state index in [2.05, 4.69) is 61.7 Å². The largest absolute Gasteiger partial charge is 0.366 e. The van der Waals surface area contributed by atoms with E-state index in [0.717, 1.165) is 30.2 Å². The lowest BCUT2D eigenvalue weighted by molar-refractivity contribution is 0.425. The first-order valence-electron chi connectivity index (χ1n) is 9.07. The molecule has 1 aromatic carbocycles. The molecule has 0 aliphatic carbocycles. The van der Waals surface area contributed by atoms with Crippen molar-refractivity contribution < 1.29 is 0 Å². The van der Waals surface area contributed by atoms with Gasteiger partial charge in [-0.05, 0) is 38.7 Å². The quantitative estimate of drug-likeness (QED) is 0.640. The van der Waals surface area contributed by atoms with E-state index in [-0.39, 0.29) is 0 Å². The third-order valence-corrected chi connectivity index (χ3v) is 4.12. The monoisotopic (exact) mass is 362 g/mol. The average molecular weight is 362 g/mol. The average Bonchev–Trinajstić information content (AvgIpc) is 2.68. The SMILES string of the molecule is Cc1ccc(CNc2cc(-c3cccnc3)nc(NCCN(C)C)n2)cc1. The van der Waals surface area contributed by atoms with Crippen LogP contribution in [0.15, 0.2) is 54.9 Å². The van der Waals surface area contributed by atoms with Crippen molar-refractivity contribution in [1.29, 1.82) is 0 Å². The van der Waals surface area contributed by atoms with Gasteiger partial charge in [0.15, 0.2) is 0 Å². The zero-order valence-electron chi connectivity index (χ0n) is 16.1. The van der Waals surface area contributed by atoms with Crippen molar-refractivity contribution in [2.45, 2.75) is 13.5 Å². The van der Waals surface area contributed by atoms with E-state index in [4.69, 9.17) is 0 Å². The summed E-state index contributed by atoms with van der Waals surface area (Å²) in [6, 6.07) is 14.4. The first-order chi connectivity index (χ1) is 13.1. The molecule has 0 radical (unpaired) electrons. The van der Waals surface area contributed by atoms with Crippen LogP contribution in [0, 0.1) is 6.92 Å². The summed E-state index contributed by atoms with van der Waals surface area (Å²) in [5.41, 5.74) is 4.28. The van der Waals surface area contributed by atoms with Crippen LogP contribution in [0.5, 0.6) is 0 Å². The first-order valence-corrected chi connectivity index (χ1v) is 9.07. The predicted molar refractivity (Wildman–Crippen MR) is 111 cm³/mol. The highest BCUT2D eigenvalue weighted by Crippen LogP contribution is 2.21. The fourth-order valence-electron chi connectivity index (χ4n) is 2.57. The molecule has 0 aliphatic rings. The Balaban J connectivity index is 1.79. The van der Waals surface area contributed by atoms with Crippen LogP contribution in [0.25, 0.3) is 11.3 Å². The molecule has 2 N–H and O–H groups in total. The van der Waals surface area contributed by atoms with Crippen LogP contribution >= 0.6 is 0 Å². The van der Waals surface area contributed by atoms with Gasteiger partial charge in [0.05, 0.1) is 5.69 Å². The minimum atomic E-state index is 0.615. The third-order valence-electron chi connectivity index (χ3n) is 4.12. The summed E-state index contributed by atoms with van der Waals surface area (Å²) in [6.45, 7) is 4.49. The number of anilines is 2. The van der Waals surface area contributed by atoms with Gasteiger partial charge >= 0.3 is 0 Å². The van der Waals surface area contributed by atoms with Gasteiger partial charge in [-0.2, -0.15) is 4.98 Å².